The molecule has 1 rings (SSSR count). The van der Waals surface area contributed by atoms with E-state index >= 15 is 0 Å². The van der Waals surface area contributed by atoms with Gasteiger partial charge < -0.3 is 15.7 Å². The Balaban J connectivity index is 3.09. The van der Waals surface area contributed by atoms with Gasteiger partial charge >= 0.3 is 0 Å². The molecule has 0 aromatic carbocycles. The minimum absolute atomic E-state index is 0.144. The number of thioether (sulfide) groups is 1. The van der Waals surface area contributed by atoms with Crippen molar-refractivity contribution in [2.45, 2.75) is 33.7 Å². The van der Waals surface area contributed by atoms with Crippen LogP contribution in [-0.2, 0) is 16.1 Å². The molecule has 0 saturated heterocycles. The van der Waals surface area contributed by atoms with Gasteiger partial charge in [0.1, 0.15) is 11.6 Å². The summed E-state index contributed by atoms with van der Waals surface area (Å²) in [7, 11) is 0. The first-order chi connectivity index (χ1) is 13.3. The number of amides is 1. The fraction of sp³-hybridized carbons (Fsp3) is 0.300. The van der Waals surface area contributed by atoms with Crippen molar-refractivity contribution in [2.75, 3.05) is 12.3 Å². The van der Waals surface area contributed by atoms with Gasteiger partial charge in [0.05, 0.1) is 6.54 Å². The van der Waals surface area contributed by atoms with Gasteiger partial charge in [-0.1, -0.05) is 30.9 Å². The van der Waals surface area contributed by atoms with Crippen molar-refractivity contribution in [2.24, 2.45) is 0 Å². The summed E-state index contributed by atoms with van der Waals surface area (Å²) in [5.41, 5.74) is 7.62. The number of aliphatic hydroxyl groups excluding tert-OH is 1. The van der Waals surface area contributed by atoms with Gasteiger partial charge in [-0.3, -0.25) is 9.59 Å². The normalized spacial score (nSPS) is 12.6. The smallest absolute Gasteiger partial charge is 0.219 e. The third kappa shape index (κ3) is 7.13. The van der Waals surface area contributed by atoms with Gasteiger partial charge in [-0.2, -0.15) is 0 Å². The summed E-state index contributed by atoms with van der Waals surface area (Å²) in [6.45, 7) is 8.75. The van der Waals surface area contributed by atoms with Crippen LogP contribution in [0.1, 0.15) is 31.7 Å². The first-order valence-corrected chi connectivity index (χ1v) is 9.44. The Hall–Kier alpha value is -2.71. The molecule has 3 N–H and O–H groups in total. The highest BCUT2D eigenvalue weighted by Gasteiger charge is 2.17. The van der Waals surface area contributed by atoms with Crippen LogP contribution >= 0.6 is 11.8 Å². The summed E-state index contributed by atoms with van der Waals surface area (Å²) in [4.78, 5) is 34.3. The van der Waals surface area contributed by atoms with Crippen LogP contribution in [0.2, 0.25) is 0 Å². The van der Waals surface area contributed by atoms with Gasteiger partial charge in [-0.05, 0) is 32.5 Å². The molecule has 0 radical (unpaired) electrons. The second-order valence-corrected chi connectivity index (χ2v) is 6.97. The maximum absolute atomic E-state index is 12.5. The van der Waals surface area contributed by atoms with Crippen LogP contribution in [0.15, 0.2) is 53.3 Å². The first kappa shape index (κ1) is 23.3. The number of rotatable bonds is 10. The van der Waals surface area contributed by atoms with E-state index in [0.717, 1.165) is 11.8 Å². The van der Waals surface area contributed by atoms with Crippen LogP contribution in [0.3, 0.4) is 0 Å². The molecule has 1 aromatic heterocycles. The number of carbonyl (C=O) groups is 2. The number of aromatic nitrogens is 2. The molecule has 1 amide bonds. The van der Waals surface area contributed by atoms with Crippen LogP contribution in [0.5, 0.6) is 0 Å². The Morgan fingerprint density at radius 2 is 2.11 bits per heavy atom. The number of hydrogen-bond acceptors (Lipinski definition) is 7. The highest BCUT2D eigenvalue weighted by Crippen LogP contribution is 2.29. The number of aliphatic hydroxyl groups is 1. The molecule has 0 saturated carbocycles. The third-order valence-electron chi connectivity index (χ3n) is 3.79. The van der Waals surface area contributed by atoms with Gasteiger partial charge in [0.15, 0.2) is 0 Å². The molecule has 0 aliphatic heterocycles. The molecule has 0 aliphatic rings. The third-order valence-corrected chi connectivity index (χ3v) is 5.04. The molecule has 0 spiro atoms. The number of allylic oxidation sites excluding steroid dienone is 5. The average molecular weight is 403 g/mol. The Kier molecular flexibility index (Phi) is 9.91. The molecule has 1 aromatic rings. The van der Waals surface area contributed by atoms with Crippen LogP contribution in [0, 0.1) is 6.92 Å². The van der Waals surface area contributed by atoms with E-state index in [4.69, 9.17) is 5.73 Å². The van der Waals surface area contributed by atoms with Crippen molar-refractivity contribution in [1.82, 2.24) is 14.9 Å². The first-order valence-electron chi connectivity index (χ1n) is 8.62. The van der Waals surface area contributed by atoms with E-state index < -0.39 is 0 Å². The van der Waals surface area contributed by atoms with Gasteiger partial charge in [-0.15, -0.1) is 0 Å². The molecule has 0 bridgehead atoms. The quantitative estimate of drug-likeness (QED) is 0.352. The second kappa shape index (κ2) is 11.9. The zero-order valence-electron chi connectivity index (χ0n) is 16.4. The lowest BCUT2D eigenvalue weighted by molar-refractivity contribution is -0.117. The SMILES string of the molecule is C=C/C=C\C=C(/C)C(=O)S/C(CCO)=C(/C)N(C=O)Cc1cnc(C)nc1N. The van der Waals surface area contributed by atoms with E-state index in [2.05, 4.69) is 16.5 Å². The lowest BCUT2D eigenvalue weighted by Crippen LogP contribution is -2.22. The lowest BCUT2D eigenvalue weighted by atomic mass is 10.2. The summed E-state index contributed by atoms with van der Waals surface area (Å²) < 4.78 is 0. The van der Waals surface area contributed by atoms with E-state index in [-0.39, 0.29) is 24.7 Å². The molecule has 7 nitrogen and oxygen atoms in total. The van der Waals surface area contributed by atoms with Crippen LogP contribution < -0.4 is 5.73 Å². The van der Waals surface area contributed by atoms with Crippen molar-refractivity contribution < 1.29 is 14.7 Å². The molecule has 28 heavy (non-hydrogen) atoms. The van der Waals surface area contributed by atoms with E-state index in [1.807, 2.05) is 0 Å². The van der Waals surface area contributed by atoms with Crippen LogP contribution in [-0.4, -0.2) is 38.1 Å². The number of hydrogen-bond donors (Lipinski definition) is 2. The molecule has 150 valence electrons. The highest BCUT2D eigenvalue weighted by atomic mass is 32.2. The molecular formula is C20H26N4O3S. The molecule has 8 heteroatoms. The zero-order chi connectivity index (χ0) is 21.1. The number of nitrogens with two attached hydrogens (primary N) is 1. The second-order valence-electron chi connectivity index (χ2n) is 5.90. The highest BCUT2D eigenvalue weighted by molar-refractivity contribution is 8.17. The standard InChI is InChI=1S/C20H26N4O3S/c1-5-6-7-8-14(2)20(27)28-18(9-10-25)15(3)24(13-26)12-17-11-22-16(4)23-19(17)21/h5-8,11,13,25H,1,9-10,12H2,2-4H3,(H2,21,22,23)/b7-6-,14-8+,18-15-. The number of nitrogens with zero attached hydrogens (tertiary/aromatic N) is 3. The number of carbonyl (C=O) groups excluding carboxylic acids is 2. The molecule has 1 heterocycles. The van der Waals surface area contributed by atoms with Crippen LogP contribution in [0.25, 0.3) is 0 Å². The summed E-state index contributed by atoms with van der Waals surface area (Å²) in [6, 6.07) is 0. The fourth-order valence-corrected chi connectivity index (χ4v) is 3.07. The topological polar surface area (TPSA) is 109 Å². The van der Waals surface area contributed by atoms with Crippen molar-refractivity contribution in [3.8, 4) is 0 Å². The van der Waals surface area contributed by atoms with Crippen molar-refractivity contribution in [3.05, 3.63) is 64.6 Å². The number of aryl methyl sites for hydroxylation is 1. The predicted molar refractivity (Wildman–Crippen MR) is 113 cm³/mol. The van der Waals surface area contributed by atoms with Crippen LogP contribution in [0.4, 0.5) is 5.82 Å². The average Bonchev–Trinajstić information content (AvgIpc) is 2.66. The number of anilines is 1. The van der Waals surface area contributed by atoms with Crippen molar-refractivity contribution in [1.29, 1.82) is 0 Å². The molecule has 0 aliphatic carbocycles. The zero-order valence-corrected chi connectivity index (χ0v) is 17.2. The van der Waals surface area contributed by atoms with Gasteiger partial charge in [0, 0.05) is 41.0 Å². The summed E-state index contributed by atoms with van der Waals surface area (Å²) in [6.07, 6.45) is 9.23. The minimum Gasteiger partial charge on any atom is -0.396 e. The maximum atomic E-state index is 12.5. The Morgan fingerprint density at radius 3 is 2.68 bits per heavy atom. The van der Waals surface area contributed by atoms with E-state index in [0.29, 0.717) is 39.8 Å². The lowest BCUT2D eigenvalue weighted by Gasteiger charge is -2.22. The Labute approximate surface area is 169 Å². The van der Waals surface area contributed by atoms with Gasteiger partial charge in [0.2, 0.25) is 11.5 Å². The largest absolute Gasteiger partial charge is 0.396 e. The fourth-order valence-electron chi connectivity index (χ4n) is 2.16. The van der Waals surface area contributed by atoms with E-state index in [9.17, 15) is 14.7 Å². The van der Waals surface area contributed by atoms with Gasteiger partial charge in [-0.25, -0.2) is 9.97 Å². The summed E-state index contributed by atoms with van der Waals surface area (Å²) >= 11 is 0.994. The van der Waals surface area contributed by atoms with E-state index in [1.54, 1.807) is 51.3 Å². The predicted octanol–water partition coefficient (Wildman–Crippen LogP) is 2.89. The molecule has 0 unspecified atom stereocenters. The Bertz CT molecular complexity index is 816. The minimum atomic E-state index is -0.166. The Morgan fingerprint density at radius 1 is 1.39 bits per heavy atom. The van der Waals surface area contributed by atoms with Gasteiger partial charge in [0.25, 0.3) is 0 Å². The molecular weight excluding hydrogens is 376 g/mol. The summed E-state index contributed by atoms with van der Waals surface area (Å²) in [5, 5.41) is 9.22. The molecule has 0 atom stereocenters. The monoisotopic (exact) mass is 402 g/mol. The van der Waals surface area contributed by atoms with E-state index in [1.165, 1.54) is 4.90 Å². The van der Waals surface area contributed by atoms with Crippen molar-refractivity contribution in [3.63, 3.8) is 0 Å². The molecule has 0 fully saturated rings. The maximum Gasteiger partial charge on any atom is 0.219 e. The summed E-state index contributed by atoms with van der Waals surface area (Å²) in [5.74, 6) is 0.841. The van der Waals surface area contributed by atoms with Crippen molar-refractivity contribution >= 4 is 29.1 Å². The number of nitrogen functional groups attached to an aromatic ring is 1.